The number of nitrogens with zero attached hydrogens (tertiary/aromatic N) is 1. The average Bonchev–Trinajstić information content (AvgIpc) is 2.44. The molecule has 1 aliphatic heterocycles. The standard InChI is InChI=1S/C13H23N3O5/c17-11(18)5-4-10(12(19)20)15-13(21)14-6-9-16-7-2-1-3-8-16/h10H,1-9H2,(H,17,18)(H,19,20)(H2,14,15,21). The minimum absolute atomic E-state index is 0.135. The van der Waals surface area contributed by atoms with E-state index >= 15 is 0 Å². The van der Waals surface area contributed by atoms with Gasteiger partial charge < -0.3 is 25.7 Å². The van der Waals surface area contributed by atoms with E-state index in [1.165, 1.54) is 19.3 Å². The Kier molecular flexibility index (Phi) is 7.52. The van der Waals surface area contributed by atoms with E-state index in [0.717, 1.165) is 19.6 Å². The van der Waals surface area contributed by atoms with Gasteiger partial charge in [0.15, 0.2) is 0 Å². The summed E-state index contributed by atoms with van der Waals surface area (Å²) in [5.74, 6) is -2.32. The zero-order valence-electron chi connectivity index (χ0n) is 12.0. The third-order valence-electron chi connectivity index (χ3n) is 3.41. The summed E-state index contributed by atoms with van der Waals surface area (Å²) < 4.78 is 0. The second kappa shape index (κ2) is 9.17. The van der Waals surface area contributed by atoms with Gasteiger partial charge in [-0.25, -0.2) is 9.59 Å². The van der Waals surface area contributed by atoms with Crippen molar-refractivity contribution in [2.24, 2.45) is 0 Å². The maximum absolute atomic E-state index is 11.6. The van der Waals surface area contributed by atoms with Crippen molar-refractivity contribution in [3.63, 3.8) is 0 Å². The molecule has 21 heavy (non-hydrogen) atoms. The number of carboxylic acids is 2. The van der Waals surface area contributed by atoms with Crippen LogP contribution in [0.25, 0.3) is 0 Å². The predicted molar refractivity (Wildman–Crippen MR) is 75.1 cm³/mol. The molecule has 1 aliphatic rings. The van der Waals surface area contributed by atoms with Crippen LogP contribution in [0.15, 0.2) is 0 Å². The lowest BCUT2D eigenvalue weighted by Gasteiger charge is -2.26. The molecule has 1 rings (SSSR count). The number of amides is 2. The van der Waals surface area contributed by atoms with Crippen LogP contribution in [0.4, 0.5) is 4.79 Å². The molecule has 0 aromatic carbocycles. The molecule has 1 heterocycles. The Bertz CT molecular complexity index is 369. The number of hydrogen-bond acceptors (Lipinski definition) is 4. The van der Waals surface area contributed by atoms with Crippen LogP contribution >= 0.6 is 0 Å². The molecule has 0 bridgehead atoms. The predicted octanol–water partition coefficient (Wildman–Crippen LogP) is 0.0895. The van der Waals surface area contributed by atoms with Crippen molar-refractivity contribution in [3.05, 3.63) is 0 Å². The van der Waals surface area contributed by atoms with Gasteiger partial charge >= 0.3 is 18.0 Å². The minimum atomic E-state index is -1.23. The van der Waals surface area contributed by atoms with E-state index in [-0.39, 0.29) is 12.8 Å². The van der Waals surface area contributed by atoms with Crippen LogP contribution in [0.5, 0.6) is 0 Å². The molecule has 0 spiro atoms. The number of carboxylic acid groups (broad SMARTS) is 2. The largest absolute Gasteiger partial charge is 0.481 e. The quantitative estimate of drug-likeness (QED) is 0.504. The molecule has 8 heteroatoms. The lowest BCUT2D eigenvalue weighted by Crippen LogP contribution is -2.48. The number of carbonyl (C=O) groups is 3. The molecule has 1 unspecified atom stereocenters. The Labute approximate surface area is 123 Å². The van der Waals surface area contributed by atoms with Gasteiger partial charge in [-0.05, 0) is 32.4 Å². The number of piperidine rings is 1. The molecule has 1 saturated heterocycles. The van der Waals surface area contributed by atoms with Gasteiger partial charge in [-0.1, -0.05) is 6.42 Å². The van der Waals surface area contributed by atoms with Crippen LogP contribution in [0.1, 0.15) is 32.1 Å². The summed E-state index contributed by atoms with van der Waals surface area (Å²) in [5, 5.41) is 22.3. The van der Waals surface area contributed by atoms with Crippen molar-refractivity contribution in [2.45, 2.75) is 38.1 Å². The third-order valence-corrected chi connectivity index (χ3v) is 3.41. The molecular formula is C13H23N3O5. The van der Waals surface area contributed by atoms with E-state index in [1.807, 2.05) is 0 Å². The highest BCUT2D eigenvalue weighted by Gasteiger charge is 2.20. The Hall–Kier alpha value is -1.83. The first-order chi connectivity index (χ1) is 9.99. The number of carbonyl (C=O) groups excluding carboxylic acids is 1. The van der Waals surface area contributed by atoms with E-state index < -0.39 is 24.0 Å². The fraction of sp³-hybridized carbons (Fsp3) is 0.769. The Balaban J connectivity index is 2.22. The van der Waals surface area contributed by atoms with Crippen LogP contribution in [0, 0.1) is 0 Å². The van der Waals surface area contributed by atoms with Gasteiger partial charge in [-0.3, -0.25) is 4.79 Å². The van der Waals surface area contributed by atoms with E-state index in [0.29, 0.717) is 6.54 Å². The van der Waals surface area contributed by atoms with Gasteiger partial charge in [-0.15, -0.1) is 0 Å². The number of hydrogen-bond donors (Lipinski definition) is 4. The first-order valence-corrected chi connectivity index (χ1v) is 7.20. The highest BCUT2D eigenvalue weighted by atomic mass is 16.4. The Morgan fingerprint density at radius 2 is 1.76 bits per heavy atom. The average molecular weight is 301 g/mol. The maximum atomic E-state index is 11.6. The molecule has 2 amide bonds. The number of aliphatic carboxylic acids is 2. The maximum Gasteiger partial charge on any atom is 0.326 e. The Morgan fingerprint density at radius 1 is 1.10 bits per heavy atom. The van der Waals surface area contributed by atoms with Crippen LogP contribution < -0.4 is 10.6 Å². The van der Waals surface area contributed by atoms with Crippen molar-refractivity contribution in [1.82, 2.24) is 15.5 Å². The van der Waals surface area contributed by atoms with Gasteiger partial charge in [0, 0.05) is 19.5 Å². The minimum Gasteiger partial charge on any atom is -0.481 e. The molecular weight excluding hydrogens is 278 g/mol. The Morgan fingerprint density at radius 3 is 2.33 bits per heavy atom. The van der Waals surface area contributed by atoms with Crippen molar-refractivity contribution < 1.29 is 24.6 Å². The molecule has 0 saturated carbocycles. The summed E-state index contributed by atoms with van der Waals surface area (Å²) in [7, 11) is 0. The van der Waals surface area contributed by atoms with Gasteiger partial charge in [-0.2, -0.15) is 0 Å². The molecule has 1 fully saturated rings. The van der Waals surface area contributed by atoms with Gasteiger partial charge in [0.05, 0.1) is 0 Å². The first kappa shape index (κ1) is 17.2. The summed E-state index contributed by atoms with van der Waals surface area (Å²) in [4.78, 5) is 35.2. The van der Waals surface area contributed by atoms with Crippen LogP contribution in [0.3, 0.4) is 0 Å². The van der Waals surface area contributed by atoms with Gasteiger partial charge in [0.1, 0.15) is 6.04 Å². The lowest BCUT2D eigenvalue weighted by atomic mass is 10.1. The molecule has 8 nitrogen and oxygen atoms in total. The molecule has 120 valence electrons. The van der Waals surface area contributed by atoms with E-state index in [2.05, 4.69) is 15.5 Å². The topological polar surface area (TPSA) is 119 Å². The summed E-state index contributed by atoms with van der Waals surface area (Å²) in [6, 6.07) is -1.76. The zero-order valence-corrected chi connectivity index (χ0v) is 12.0. The number of likely N-dealkylation sites (tertiary alicyclic amines) is 1. The van der Waals surface area contributed by atoms with E-state index in [9.17, 15) is 14.4 Å². The molecule has 4 N–H and O–H groups in total. The lowest BCUT2D eigenvalue weighted by molar-refractivity contribution is -0.140. The van der Waals surface area contributed by atoms with Crippen LogP contribution in [-0.4, -0.2) is 65.3 Å². The molecule has 0 aromatic rings. The van der Waals surface area contributed by atoms with Crippen molar-refractivity contribution in [3.8, 4) is 0 Å². The molecule has 1 atom stereocenters. The van der Waals surface area contributed by atoms with E-state index in [1.54, 1.807) is 0 Å². The summed E-state index contributed by atoms with van der Waals surface area (Å²) in [6.45, 7) is 3.23. The van der Waals surface area contributed by atoms with Crippen LogP contribution in [-0.2, 0) is 9.59 Å². The van der Waals surface area contributed by atoms with E-state index in [4.69, 9.17) is 10.2 Å². The summed E-state index contributed by atoms with van der Waals surface area (Å²) in [5.41, 5.74) is 0. The molecule has 0 aliphatic carbocycles. The van der Waals surface area contributed by atoms with Gasteiger partial charge in [0.25, 0.3) is 0 Å². The summed E-state index contributed by atoms with van der Waals surface area (Å²) in [6.07, 6.45) is 3.15. The van der Waals surface area contributed by atoms with Crippen LogP contribution in [0.2, 0.25) is 0 Å². The van der Waals surface area contributed by atoms with Crippen molar-refractivity contribution >= 4 is 18.0 Å². The number of urea groups is 1. The SMILES string of the molecule is O=C(O)CCC(NC(=O)NCCN1CCCCC1)C(=O)O. The second-order valence-electron chi connectivity index (χ2n) is 5.13. The highest BCUT2D eigenvalue weighted by molar-refractivity contribution is 5.82. The highest BCUT2D eigenvalue weighted by Crippen LogP contribution is 2.07. The first-order valence-electron chi connectivity index (χ1n) is 7.20. The van der Waals surface area contributed by atoms with Crippen molar-refractivity contribution in [2.75, 3.05) is 26.2 Å². The van der Waals surface area contributed by atoms with Crippen molar-refractivity contribution in [1.29, 1.82) is 0 Å². The molecule has 0 radical (unpaired) electrons. The monoisotopic (exact) mass is 301 g/mol. The smallest absolute Gasteiger partial charge is 0.326 e. The summed E-state index contributed by atoms with van der Waals surface area (Å²) >= 11 is 0. The third kappa shape index (κ3) is 7.50. The fourth-order valence-corrected chi connectivity index (χ4v) is 2.25. The number of rotatable bonds is 8. The molecule has 0 aromatic heterocycles. The zero-order chi connectivity index (χ0) is 15.7. The number of nitrogens with one attached hydrogen (secondary N) is 2. The normalized spacial score (nSPS) is 17.0. The van der Waals surface area contributed by atoms with Gasteiger partial charge in [0.2, 0.25) is 0 Å². The fourth-order valence-electron chi connectivity index (χ4n) is 2.25. The second-order valence-corrected chi connectivity index (χ2v) is 5.13.